The number of nitrogens with zero attached hydrogens (tertiary/aromatic N) is 1. The molecule has 5 heteroatoms. The zero-order valence-corrected chi connectivity index (χ0v) is 8.84. The Morgan fingerprint density at radius 2 is 2.12 bits per heavy atom. The van der Waals surface area contributed by atoms with Gasteiger partial charge in [-0.1, -0.05) is 12.1 Å². The first-order valence-electron chi connectivity index (χ1n) is 4.94. The lowest BCUT2D eigenvalue weighted by atomic mass is 10.1. The number of hydrogen-bond donors (Lipinski definition) is 1. The molecule has 2 rings (SSSR count). The molecular weight excluding hydrogens is 208 g/mol. The molecule has 84 valence electrons. The van der Waals surface area contributed by atoms with E-state index in [1.807, 2.05) is 6.08 Å². The molecule has 1 aliphatic rings. The van der Waals surface area contributed by atoms with Crippen LogP contribution in [-0.2, 0) is 4.74 Å². The van der Waals surface area contributed by atoms with Crippen molar-refractivity contribution in [3.63, 3.8) is 0 Å². The molecule has 0 bridgehead atoms. The molecule has 0 saturated carbocycles. The highest BCUT2D eigenvalue weighted by Crippen LogP contribution is 2.26. The van der Waals surface area contributed by atoms with Crippen LogP contribution in [-0.4, -0.2) is 18.6 Å². The molecule has 0 amide bonds. The number of benzene rings is 1. The fraction of sp³-hybridized carbons (Fsp3) is 0.273. The Morgan fingerprint density at radius 3 is 2.69 bits per heavy atom. The number of nitro benzene ring substituents is 1. The van der Waals surface area contributed by atoms with Crippen LogP contribution >= 0.6 is 0 Å². The average molecular weight is 220 g/mol. The summed E-state index contributed by atoms with van der Waals surface area (Å²) in [6, 6.07) is 6.50. The van der Waals surface area contributed by atoms with E-state index in [0.29, 0.717) is 0 Å². The summed E-state index contributed by atoms with van der Waals surface area (Å²) in [4.78, 5) is 10.1. The predicted octanol–water partition coefficient (Wildman–Crippen LogP) is 1.77. The highest BCUT2D eigenvalue weighted by molar-refractivity contribution is 5.37. The predicted molar refractivity (Wildman–Crippen MR) is 58.9 cm³/mol. The lowest BCUT2D eigenvalue weighted by Gasteiger charge is -2.14. The molecule has 1 heterocycles. The number of rotatable bonds is 3. The van der Waals surface area contributed by atoms with Gasteiger partial charge in [0.25, 0.3) is 5.69 Å². The summed E-state index contributed by atoms with van der Waals surface area (Å²) >= 11 is 0. The van der Waals surface area contributed by atoms with Gasteiger partial charge in [0.15, 0.2) is 0 Å². The molecule has 1 unspecified atom stereocenters. The summed E-state index contributed by atoms with van der Waals surface area (Å²) in [5.41, 5.74) is 1.07. The number of nitrogens with one attached hydrogen (secondary N) is 1. The normalized spacial score (nSPS) is 19.3. The molecule has 1 aromatic rings. The van der Waals surface area contributed by atoms with Crippen LogP contribution in [0.2, 0.25) is 0 Å². The van der Waals surface area contributed by atoms with Crippen molar-refractivity contribution in [1.29, 1.82) is 0 Å². The van der Waals surface area contributed by atoms with E-state index in [1.165, 1.54) is 12.1 Å². The van der Waals surface area contributed by atoms with Crippen LogP contribution in [0, 0.1) is 10.1 Å². The van der Waals surface area contributed by atoms with E-state index >= 15 is 0 Å². The summed E-state index contributed by atoms with van der Waals surface area (Å²) in [6.07, 6.45) is 1.96. The molecule has 1 atom stereocenters. The molecule has 0 fully saturated rings. The van der Waals surface area contributed by atoms with E-state index in [0.717, 1.165) is 17.9 Å². The molecule has 0 aromatic heterocycles. The van der Waals surface area contributed by atoms with E-state index in [-0.39, 0.29) is 11.7 Å². The monoisotopic (exact) mass is 220 g/mol. The first-order valence-corrected chi connectivity index (χ1v) is 4.94. The van der Waals surface area contributed by atoms with Crippen LogP contribution in [0.1, 0.15) is 11.6 Å². The summed E-state index contributed by atoms with van der Waals surface area (Å²) in [6.45, 7) is 0.755. The second-order valence-corrected chi connectivity index (χ2v) is 3.50. The maximum atomic E-state index is 10.5. The standard InChI is InChI=1S/C11H12N2O3/c1-16-10-6-7-12-11(10)8-2-4-9(5-3-8)13(14)15/h2-6,11-12H,7H2,1H3. The van der Waals surface area contributed by atoms with Crippen molar-refractivity contribution < 1.29 is 9.66 Å². The van der Waals surface area contributed by atoms with Crippen LogP contribution in [0.15, 0.2) is 36.1 Å². The molecule has 0 aliphatic carbocycles. The van der Waals surface area contributed by atoms with Gasteiger partial charge in [-0.2, -0.15) is 0 Å². The zero-order valence-electron chi connectivity index (χ0n) is 8.84. The topological polar surface area (TPSA) is 64.4 Å². The molecule has 0 spiro atoms. The molecule has 0 radical (unpaired) electrons. The van der Waals surface area contributed by atoms with Crippen LogP contribution < -0.4 is 5.32 Å². The third-order valence-corrected chi connectivity index (χ3v) is 2.58. The number of methoxy groups -OCH3 is 1. The van der Waals surface area contributed by atoms with Crippen LogP contribution in [0.5, 0.6) is 0 Å². The van der Waals surface area contributed by atoms with Crippen molar-refractivity contribution in [2.75, 3.05) is 13.7 Å². The van der Waals surface area contributed by atoms with Crippen molar-refractivity contribution in [3.8, 4) is 0 Å². The van der Waals surface area contributed by atoms with Gasteiger partial charge >= 0.3 is 0 Å². The summed E-state index contributed by atoms with van der Waals surface area (Å²) < 4.78 is 5.22. The lowest BCUT2D eigenvalue weighted by molar-refractivity contribution is -0.384. The van der Waals surface area contributed by atoms with E-state index in [1.54, 1.807) is 19.2 Å². The SMILES string of the molecule is COC1=CCNC1c1ccc([N+](=O)[O-])cc1. The van der Waals surface area contributed by atoms with Crippen molar-refractivity contribution in [1.82, 2.24) is 5.32 Å². The second-order valence-electron chi connectivity index (χ2n) is 3.50. The van der Waals surface area contributed by atoms with Gasteiger partial charge in [-0.15, -0.1) is 0 Å². The lowest BCUT2D eigenvalue weighted by Crippen LogP contribution is -2.16. The minimum absolute atomic E-state index is 0.00537. The number of non-ortho nitro benzene ring substituents is 1. The van der Waals surface area contributed by atoms with E-state index in [2.05, 4.69) is 5.32 Å². The van der Waals surface area contributed by atoms with Crippen molar-refractivity contribution in [2.45, 2.75) is 6.04 Å². The Morgan fingerprint density at radius 1 is 1.44 bits per heavy atom. The third kappa shape index (κ3) is 1.90. The molecule has 16 heavy (non-hydrogen) atoms. The first-order chi connectivity index (χ1) is 7.72. The maximum Gasteiger partial charge on any atom is 0.269 e. The summed E-state index contributed by atoms with van der Waals surface area (Å²) in [5, 5.41) is 13.7. The van der Waals surface area contributed by atoms with Gasteiger partial charge in [0, 0.05) is 18.7 Å². The van der Waals surface area contributed by atoms with Gasteiger partial charge in [-0.3, -0.25) is 10.1 Å². The Hall–Kier alpha value is -1.88. The largest absolute Gasteiger partial charge is 0.499 e. The highest BCUT2D eigenvalue weighted by Gasteiger charge is 2.21. The third-order valence-electron chi connectivity index (χ3n) is 2.58. The van der Waals surface area contributed by atoms with Gasteiger partial charge in [-0.25, -0.2) is 0 Å². The van der Waals surface area contributed by atoms with Crippen molar-refractivity contribution in [3.05, 3.63) is 51.8 Å². The summed E-state index contributed by atoms with van der Waals surface area (Å²) in [7, 11) is 1.62. The molecule has 0 saturated heterocycles. The van der Waals surface area contributed by atoms with E-state index < -0.39 is 4.92 Å². The van der Waals surface area contributed by atoms with E-state index in [4.69, 9.17) is 4.74 Å². The zero-order chi connectivity index (χ0) is 11.5. The number of ether oxygens (including phenoxy) is 1. The van der Waals surface area contributed by atoms with Gasteiger partial charge in [0.2, 0.25) is 0 Å². The van der Waals surface area contributed by atoms with E-state index in [9.17, 15) is 10.1 Å². The summed E-state index contributed by atoms with van der Waals surface area (Å²) in [5.74, 6) is 0.855. The van der Waals surface area contributed by atoms with Gasteiger partial charge < -0.3 is 10.1 Å². The minimum atomic E-state index is -0.404. The average Bonchev–Trinajstić information content (AvgIpc) is 2.77. The van der Waals surface area contributed by atoms with Crippen LogP contribution in [0.4, 0.5) is 5.69 Å². The highest BCUT2D eigenvalue weighted by atomic mass is 16.6. The van der Waals surface area contributed by atoms with Crippen LogP contribution in [0.3, 0.4) is 0 Å². The minimum Gasteiger partial charge on any atom is -0.499 e. The molecule has 1 aliphatic heterocycles. The maximum absolute atomic E-state index is 10.5. The Kier molecular flexibility index (Phi) is 2.87. The van der Waals surface area contributed by atoms with Gasteiger partial charge in [0.1, 0.15) is 5.76 Å². The van der Waals surface area contributed by atoms with Gasteiger partial charge in [0.05, 0.1) is 18.1 Å². The number of nitro groups is 1. The molecule has 1 aromatic carbocycles. The first kappa shape index (κ1) is 10.6. The Labute approximate surface area is 92.9 Å². The van der Waals surface area contributed by atoms with Crippen LogP contribution in [0.25, 0.3) is 0 Å². The van der Waals surface area contributed by atoms with Gasteiger partial charge in [-0.05, 0) is 11.6 Å². The molecule has 1 N–H and O–H groups in total. The second kappa shape index (κ2) is 4.32. The fourth-order valence-electron chi connectivity index (χ4n) is 1.77. The van der Waals surface area contributed by atoms with Crippen molar-refractivity contribution in [2.24, 2.45) is 0 Å². The van der Waals surface area contributed by atoms with Crippen molar-refractivity contribution >= 4 is 5.69 Å². The quantitative estimate of drug-likeness (QED) is 0.622. The smallest absolute Gasteiger partial charge is 0.269 e. The Balaban J connectivity index is 2.22. The fourth-order valence-corrected chi connectivity index (χ4v) is 1.77. The molecule has 5 nitrogen and oxygen atoms in total. The Bertz CT molecular complexity index is 425. The molecular formula is C11H12N2O3. The number of hydrogen-bond acceptors (Lipinski definition) is 4.